The van der Waals surface area contributed by atoms with Crippen molar-refractivity contribution in [1.29, 1.82) is 0 Å². The van der Waals surface area contributed by atoms with Gasteiger partial charge in [-0.2, -0.15) is 0 Å². The van der Waals surface area contributed by atoms with Crippen molar-refractivity contribution < 1.29 is 4.74 Å². The van der Waals surface area contributed by atoms with E-state index in [1.54, 1.807) is 0 Å². The number of rotatable bonds is 4. The van der Waals surface area contributed by atoms with E-state index in [1.165, 1.54) is 17.7 Å². The number of nitrogens with one attached hydrogen (secondary N) is 1. The van der Waals surface area contributed by atoms with E-state index in [4.69, 9.17) is 17.0 Å². The number of fused-ring (bicyclic) bond motifs is 1. The molecule has 0 atom stereocenters. The Morgan fingerprint density at radius 2 is 2.33 bits per heavy atom. The summed E-state index contributed by atoms with van der Waals surface area (Å²) in [4.78, 5) is 7.76. The average molecular weight is 224 g/mol. The van der Waals surface area contributed by atoms with Crippen LogP contribution in [0.5, 0.6) is 0 Å². The predicted octanol–water partition coefficient (Wildman–Crippen LogP) is 2.21. The zero-order valence-corrected chi connectivity index (χ0v) is 9.82. The Bertz CT molecular complexity index is 400. The molecule has 0 saturated carbocycles. The van der Waals surface area contributed by atoms with Crippen LogP contribution in [0.2, 0.25) is 0 Å². The SMILES string of the molecule is CCOCCc1nc(=S)c2c([nH]1)CCC2. The number of H-pyrrole nitrogens is 1. The molecule has 4 heteroatoms. The summed E-state index contributed by atoms with van der Waals surface area (Å²) in [5.41, 5.74) is 2.55. The summed E-state index contributed by atoms with van der Waals surface area (Å²) in [6, 6.07) is 0. The van der Waals surface area contributed by atoms with Crippen LogP contribution in [0.4, 0.5) is 0 Å². The van der Waals surface area contributed by atoms with Gasteiger partial charge in [0.05, 0.1) is 6.61 Å². The Morgan fingerprint density at radius 3 is 3.13 bits per heavy atom. The first-order chi connectivity index (χ1) is 7.31. The Hall–Kier alpha value is -0.740. The fourth-order valence-corrected chi connectivity index (χ4v) is 2.28. The van der Waals surface area contributed by atoms with Crippen LogP contribution in [-0.2, 0) is 24.0 Å². The Morgan fingerprint density at radius 1 is 1.47 bits per heavy atom. The summed E-state index contributed by atoms with van der Waals surface area (Å²) in [7, 11) is 0. The van der Waals surface area contributed by atoms with Crippen LogP contribution in [0.3, 0.4) is 0 Å². The maximum atomic E-state index is 5.30. The molecule has 3 nitrogen and oxygen atoms in total. The second-order valence-electron chi connectivity index (χ2n) is 3.75. The highest BCUT2D eigenvalue weighted by molar-refractivity contribution is 7.71. The summed E-state index contributed by atoms with van der Waals surface area (Å²) in [5.74, 6) is 0.967. The molecule has 0 aromatic carbocycles. The maximum absolute atomic E-state index is 5.30. The Kier molecular flexibility index (Phi) is 3.49. The summed E-state index contributed by atoms with van der Waals surface area (Å²) >= 11 is 5.27. The quantitative estimate of drug-likeness (QED) is 0.629. The van der Waals surface area contributed by atoms with E-state index >= 15 is 0 Å². The number of nitrogens with zero attached hydrogens (tertiary/aromatic N) is 1. The first-order valence-corrected chi connectivity index (χ1v) is 5.90. The van der Waals surface area contributed by atoms with Crippen molar-refractivity contribution in [2.45, 2.75) is 32.6 Å². The molecule has 1 heterocycles. The fraction of sp³-hybridized carbons (Fsp3) is 0.636. The number of aryl methyl sites for hydroxylation is 1. The van der Waals surface area contributed by atoms with E-state index in [0.717, 1.165) is 36.3 Å². The molecule has 0 saturated heterocycles. The second-order valence-corrected chi connectivity index (χ2v) is 4.13. The van der Waals surface area contributed by atoms with Gasteiger partial charge >= 0.3 is 0 Å². The monoisotopic (exact) mass is 224 g/mol. The topological polar surface area (TPSA) is 37.9 Å². The molecule has 0 unspecified atom stereocenters. The van der Waals surface area contributed by atoms with Crippen molar-refractivity contribution in [2.75, 3.05) is 13.2 Å². The molecule has 1 aromatic heterocycles. The van der Waals surface area contributed by atoms with Gasteiger partial charge in [-0.05, 0) is 26.2 Å². The summed E-state index contributed by atoms with van der Waals surface area (Å²) in [5, 5.41) is 0. The van der Waals surface area contributed by atoms with Crippen LogP contribution < -0.4 is 0 Å². The van der Waals surface area contributed by atoms with E-state index < -0.39 is 0 Å². The smallest absolute Gasteiger partial charge is 0.133 e. The van der Waals surface area contributed by atoms with E-state index in [-0.39, 0.29) is 0 Å². The molecule has 15 heavy (non-hydrogen) atoms. The van der Waals surface area contributed by atoms with Gasteiger partial charge < -0.3 is 9.72 Å². The number of ether oxygens (including phenoxy) is 1. The molecule has 0 radical (unpaired) electrons. The van der Waals surface area contributed by atoms with Crippen LogP contribution in [0, 0.1) is 4.64 Å². The van der Waals surface area contributed by atoms with Gasteiger partial charge in [-0.25, -0.2) is 4.98 Å². The van der Waals surface area contributed by atoms with Crippen LogP contribution in [-0.4, -0.2) is 23.2 Å². The number of aromatic amines is 1. The van der Waals surface area contributed by atoms with E-state index in [0.29, 0.717) is 6.61 Å². The normalized spacial score (nSPS) is 14.2. The second kappa shape index (κ2) is 4.86. The fourth-order valence-electron chi connectivity index (χ4n) is 1.94. The number of hydrogen-bond acceptors (Lipinski definition) is 3. The van der Waals surface area contributed by atoms with Crippen LogP contribution in [0.15, 0.2) is 0 Å². The lowest BCUT2D eigenvalue weighted by Gasteiger charge is -2.05. The summed E-state index contributed by atoms with van der Waals surface area (Å²) < 4.78 is 6.09. The predicted molar refractivity (Wildman–Crippen MR) is 61.6 cm³/mol. The Labute approximate surface area is 94.9 Å². The lowest BCUT2D eigenvalue weighted by atomic mass is 10.2. The van der Waals surface area contributed by atoms with Gasteiger partial charge in [0, 0.05) is 24.3 Å². The minimum absolute atomic E-state index is 0.716. The van der Waals surface area contributed by atoms with Gasteiger partial charge in [-0.3, -0.25) is 0 Å². The van der Waals surface area contributed by atoms with Gasteiger partial charge in [0.2, 0.25) is 0 Å². The van der Waals surface area contributed by atoms with E-state index in [9.17, 15) is 0 Å². The van der Waals surface area contributed by atoms with Crippen LogP contribution >= 0.6 is 12.2 Å². The minimum Gasteiger partial charge on any atom is -0.381 e. The molecular formula is C11H16N2OS. The van der Waals surface area contributed by atoms with Crippen molar-refractivity contribution in [3.8, 4) is 0 Å². The zero-order valence-electron chi connectivity index (χ0n) is 9.01. The first-order valence-electron chi connectivity index (χ1n) is 5.50. The summed E-state index contributed by atoms with van der Waals surface area (Å²) in [6.45, 7) is 3.47. The van der Waals surface area contributed by atoms with Crippen molar-refractivity contribution in [3.05, 3.63) is 21.7 Å². The van der Waals surface area contributed by atoms with E-state index in [1.807, 2.05) is 6.92 Å². The molecule has 1 aromatic rings. The van der Waals surface area contributed by atoms with Crippen molar-refractivity contribution >= 4 is 12.2 Å². The third kappa shape index (κ3) is 2.44. The highest BCUT2D eigenvalue weighted by atomic mass is 32.1. The lowest BCUT2D eigenvalue weighted by molar-refractivity contribution is 0.149. The highest BCUT2D eigenvalue weighted by Gasteiger charge is 2.14. The molecule has 1 aliphatic carbocycles. The Balaban J connectivity index is 2.13. The van der Waals surface area contributed by atoms with Crippen LogP contribution in [0.25, 0.3) is 0 Å². The summed E-state index contributed by atoms with van der Waals surface area (Å²) in [6.07, 6.45) is 4.23. The number of aromatic nitrogens is 2. The largest absolute Gasteiger partial charge is 0.381 e. The van der Waals surface area contributed by atoms with Crippen molar-refractivity contribution in [3.63, 3.8) is 0 Å². The third-order valence-electron chi connectivity index (χ3n) is 2.69. The van der Waals surface area contributed by atoms with Gasteiger partial charge in [0.25, 0.3) is 0 Å². The molecule has 0 spiro atoms. The molecule has 2 rings (SSSR count). The van der Waals surface area contributed by atoms with Crippen molar-refractivity contribution in [2.24, 2.45) is 0 Å². The molecule has 0 aliphatic heterocycles. The molecule has 0 bridgehead atoms. The standard InChI is InChI=1S/C11H16N2OS/c1-2-14-7-6-10-12-9-5-3-4-8(9)11(15)13-10/h2-7H2,1H3,(H,12,13,15). The maximum Gasteiger partial charge on any atom is 0.133 e. The van der Waals surface area contributed by atoms with Crippen LogP contribution in [0.1, 0.15) is 30.4 Å². The zero-order chi connectivity index (χ0) is 10.7. The first kappa shape index (κ1) is 10.8. The van der Waals surface area contributed by atoms with Gasteiger partial charge in [0.15, 0.2) is 0 Å². The van der Waals surface area contributed by atoms with Gasteiger partial charge in [0.1, 0.15) is 10.5 Å². The highest BCUT2D eigenvalue weighted by Crippen LogP contribution is 2.20. The molecule has 1 aliphatic rings. The van der Waals surface area contributed by atoms with Crippen molar-refractivity contribution in [1.82, 2.24) is 9.97 Å². The average Bonchev–Trinajstić information content (AvgIpc) is 2.66. The molecular weight excluding hydrogens is 208 g/mol. The van der Waals surface area contributed by atoms with E-state index in [2.05, 4.69) is 9.97 Å². The molecule has 0 fully saturated rings. The minimum atomic E-state index is 0.716. The number of hydrogen-bond donors (Lipinski definition) is 1. The molecule has 82 valence electrons. The van der Waals surface area contributed by atoms with Gasteiger partial charge in [-0.15, -0.1) is 0 Å². The third-order valence-corrected chi connectivity index (χ3v) is 3.03. The lowest BCUT2D eigenvalue weighted by Crippen LogP contribution is -2.05. The van der Waals surface area contributed by atoms with Gasteiger partial charge in [-0.1, -0.05) is 12.2 Å². The molecule has 1 N–H and O–H groups in total. The molecule has 0 amide bonds.